The first-order chi connectivity index (χ1) is 5.16. The van der Waals surface area contributed by atoms with Gasteiger partial charge in [0, 0.05) is 0 Å². The number of halogens is 2. The van der Waals surface area contributed by atoms with Gasteiger partial charge in [0.2, 0.25) is 0 Å². The first-order valence-corrected chi connectivity index (χ1v) is 6.33. The highest BCUT2D eigenvalue weighted by molar-refractivity contribution is 7.79. The van der Waals surface area contributed by atoms with E-state index in [9.17, 15) is 8.78 Å². The van der Waals surface area contributed by atoms with Crippen LogP contribution in [0.15, 0.2) is 11.9 Å². The molecule has 0 atom stereocenters. The SMILES string of the molecule is CC[P+](CC)(CC)C(F)=CF. The predicted octanol–water partition coefficient (Wildman–Crippen LogP) is 3.80. The molecule has 0 amide bonds. The van der Waals surface area contributed by atoms with E-state index in [4.69, 9.17) is 0 Å². The third kappa shape index (κ3) is 2.23. The van der Waals surface area contributed by atoms with Gasteiger partial charge in [-0.2, -0.15) is 4.39 Å². The first-order valence-electron chi connectivity index (χ1n) is 3.99. The molecule has 11 heavy (non-hydrogen) atoms. The van der Waals surface area contributed by atoms with Gasteiger partial charge in [-0.1, -0.05) is 0 Å². The first kappa shape index (κ1) is 11.0. The molecule has 0 heterocycles. The summed E-state index contributed by atoms with van der Waals surface area (Å²) in [6.07, 6.45) is 2.45. The van der Waals surface area contributed by atoms with Crippen LogP contribution in [-0.2, 0) is 0 Å². The zero-order valence-electron chi connectivity index (χ0n) is 7.40. The normalized spacial score (nSPS) is 13.7. The van der Waals surface area contributed by atoms with E-state index >= 15 is 0 Å². The molecule has 0 aromatic rings. The van der Waals surface area contributed by atoms with Crippen LogP contribution in [0.5, 0.6) is 0 Å². The number of rotatable bonds is 4. The molecule has 0 fully saturated rings. The van der Waals surface area contributed by atoms with E-state index in [1.54, 1.807) is 0 Å². The van der Waals surface area contributed by atoms with Gasteiger partial charge in [0.25, 0.3) is 5.57 Å². The van der Waals surface area contributed by atoms with E-state index < -0.39 is 12.8 Å². The molecule has 0 unspecified atom stereocenters. The van der Waals surface area contributed by atoms with Crippen LogP contribution in [0.1, 0.15) is 20.8 Å². The Kier molecular flexibility index (Phi) is 4.83. The van der Waals surface area contributed by atoms with Crippen LogP contribution in [-0.4, -0.2) is 18.5 Å². The molecule has 0 rings (SSSR count). The summed E-state index contributed by atoms with van der Waals surface area (Å²) >= 11 is 0. The van der Waals surface area contributed by atoms with Crippen LogP contribution in [0.2, 0.25) is 0 Å². The minimum Gasteiger partial charge on any atom is -0.208 e. The van der Waals surface area contributed by atoms with Crippen LogP contribution < -0.4 is 0 Å². The molecular weight excluding hydrogens is 165 g/mol. The molecule has 0 radical (unpaired) electrons. The molecule has 0 aromatic carbocycles. The lowest BCUT2D eigenvalue weighted by molar-refractivity contribution is 0.623. The monoisotopic (exact) mass is 181 g/mol. The lowest BCUT2D eigenvalue weighted by Crippen LogP contribution is -2.02. The molecule has 0 saturated carbocycles. The van der Waals surface area contributed by atoms with Gasteiger partial charge in [-0.15, -0.1) is 0 Å². The zero-order chi connectivity index (χ0) is 8.91. The molecule has 0 aliphatic carbocycles. The maximum Gasteiger partial charge on any atom is 0.265 e. The van der Waals surface area contributed by atoms with E-state index in [-0.39, 0.29) is 6.33 Å². The van der Waals surface area contributed by atoms with E-state index in [1.165, 1.54) is 0 Å². The number of hydrogen-bond acceptors (Lipinski definition) is 0. The van der Waals surface area contributed by atoms with Crippen LogP contribution >= 0.6 is 7.26 Å². The van der Waals surface area contributed by atoms with E-state index in [0.717, 1.165) is 18.5 Å². The third-order valence-electron chi connectivity index (χ3n) is 2.36. The summed E-state index contributed by atoms with van der Waals surface area (Å²) in [6.45, 7) is 5.80. The summed E-state index contributed by atoms with van der Waals surface area (Å²) in [5, 5.41) is 0. The average Bonchev–Trinajstić information content (AvgIpc) is 2.08. The van der Waals surface area contributed by atoms with Crippen molar-refractivity contribution in [1.82, 2.24) is 0 Å². The standard InChI is InChI=1S/C8H16F2P/c1-4-11(5-2,6-3)8(10)7-9/h7H,4-6H2,1-3H3/q+1. The molecule has 0 spiro atoms. The molecule has 0 N–H and O–H groups in total. The Bertz CT molecular complexity index is 131. The fourth-order valence-corrected chi connectivity index (χ4v) is 3.68. The lowest BCUT2D eigenvalue weighted by Gasteiger charge is -2.19. The second-order valence-electron chi connectivity index (χ2n) is 2.53. The summed E-state index contributed by atoms with van der Waals surface area (Å²) in [7, 11) is -1.71. The van der Waals surface area contributed by atoms with Crippen LogP contribution in [0.4, 0.5) is 8.78 Å². The lowest BCUT2D eigenvalue weighted by atomic mass is 10.9. The molecule has 0 aliphatic rings. The highest BCUT2D eigenvalue weighted by Crippen LogP contribution is 2.65. The molecule has 0 saturated heterocycles. The minimum absolute atomic E-state index is 0.143. The Morgan fingerprint density at radius 1 is 1.18 bits per heavy atom. The molecule has 66 valence electrons. The fourth-order valence-electron chi connectivity index (χ4n) is 1.23. The Morgan fingerprint density at radius 3 is 1.64 bits per heavy atom. The van der Waals surface area contributed by atoms with Gasteiger partial charge in [0.1, 0.15) is 0 Å². The van der Waals surface area contributed by atoms with Crippen molar-refractivity contribution in [3.63, 3.8) is 0 Å². The molecule has 3 heteroatoms. The summed E-state index contributed by atoms with van der Waals surface area (Å²) in [4.78, 5) is 0. The van der Waals surface area contributed by atoms with Crippen molar-refractivity contribution in [2.45, 2.75) is 20.8 Å². The van der Waals surface area contributed by atoms with Gasteiger partial charge in [-0.3, -0.25) is 0 Å². The van der Waals surface area contributed by atoms with Gasteiger partial charge in [0.05, 0.1) is 25.7 Å². The van der Waals surface area contributed by atoms with Gasteiger partial charge in [-0.05, 0) is 20.8 Å². The third-order valence-corrected chi connectivity index (χ3v) is 7.00. The topological polar surface area (TPSA) is 0 Å². The molecule has 0 aromatic heterocycles. The van der Waals surface area contributed by atoms with Crippen molar-refractivity contribution in [3.05, 3.63) is 11.9 Å². The van der Waals surface area contributed by atoms with E-state index in [2.05, 4.69) is 0 Å². The minimum atomic E-state index is -1.71. The highest BCUT2D eigenvalue weighted by atomic mass is 31.2. The van der Waals surface area contributed by atoms with Gasteiger partial charge in [-0.25, -0.2) is 4.39 Å². The summed E-state index contributed by atoms with van der Waals surface area (Å²) in [5.74, 6) is 0. The van der Waals surface area contributed by atoms with Crippen molar-refractivity contribution in [3.8, 4) is 0 Å². The second kappa shape index (κ2) is 4.82. The maximum atomic E-state index is 13.0. The summed E-state index contributed by atoms with van der Waals surface area (Å²) in [6, 6.07) is 0. The van der Waals surface area contributed by atoms with Gasteiger partial charge in [0.15, 0.2) is 6.33 Å². The average molecular weight is 181 g/mol. The summed E-state index contributed by atoms with van der Waals surface area (Å²) < 4.78 is 24.9. The molecule has 0 bridgehead atoms. The van der Waals surface area contributed by atoms with Crippen molar-refractivity contribution < 1.29 is 8.78 Å². The largest absolute Gasteiger partial charge is 0.265 e. The van der Waals surface area contributed by atoms with Gasteiger partial charge < -0.3 is 0 Å². The quantitative estimate of drug-likeness (QED) is 0.578. The van der Waals surface area contributed by atoms with Crippen molar-refractivity contribution in [2.24, 2.45) is 0 Å². The smallest absolute Gasteiger partial charge is 0.208 e. The zero-order valence-corrected chi connectivity index (χ0v) is 8.30. The summed E-state index contributed by atoms with van der Waals surface area (Å²) in [5.41, 5.74) is -0.495. The van der Waals surface area contributed by atoms with E-state index in [0.29, 0.717) is 0 Å². The molecule has 0 nitrogen and oxygen atoms in total. The Morgan fingerprint density at radius 2 is 1.55 bits per heavy atom. The van der Waals surface area contributed by atoms with Crippen LogP contribution in [0.25, 0.3) is 0 Å². The maximum absolute atomic E-state index is 13.0. The Hall–Kier alpha value is 0.0300. The van der Waals surface area contributed by atoms with E-state index in [1.807, 2.05) is 20.8 Å². The Balaban J connectivity index is 4.54. The van der Waals surface area contributed by atoms with Gasteiger partial charge >= 0.3 is 0 Å². The van der Waals surface area contributed by atoms with Crippen molar-refractivity contribution in [1.29, 1.82) is 0 Å². The fraction of sp³-hybridized carbons (Fsp3) is 0.750. The van der Waals surface area contributed by atoms with Crippen molar-refractivity contribution >= 4 is 7.26 Å². The van der Waals surface area contributed by atoms with Crippen LogP contribution in [0.3, 0.4) is 0 Å². The van der Waals surface area contributed by atoms with Crippen molar-refractivity contribution in [2.75, 3.05) is 18.5 Å². The van der Waals surface area contributed by atoms with Crippen LogP contribution in [0, 0.1) is 0 Å². The molecular formula is C8H16F2P+. The Labute approximate surface area is 68.0 Å². The predicted molar refractivity (Wildman–Crippen MR) is 48.8 cm³/mol. The second-order valence-corrected chi connectivity index (χ2v) is 7.14. The highest BCUT2D eigenvalue weighted by Gasteiger charge is 2.37. The molecule has 0 aliphatic heterocycles. The number of hydrogen-bond donors (Lipinski definition) is 0.